The Balaban J connectivity index is 1.94. The molecule has 1 aromatic heterocycles. The molecule has 0 unspecified atom stereocenters. The van der Waals surface area contributed by atoms with Crippen LogP contribution in [-0.2, 0) is 6.42 Å². The van der Waals surface area contributed by atoms with Gasteiger partial charge in [-0.15, -0.1) is 0 Å². The van der Waals surface area contributed by atoms with Gasteiger partial charge >= 0.3 is 5.97 Å². The number of nitrogens with zero attached hydrogens (tertiary/aromatic N) is 2. The highest BCUT2D eigenvalue weighted by Crippen LogP contribution is 2.15. The van der Waals surface area contributed by atoms with E-state index in [-0.39, 0.29) is 0 Å². The molecule has 2 N–H and O–H groups in total. The summed E-state index contributed by atoms with van der Waals surface area (Å²) in [5.74, 6) is -0.341. The number of benzene rings is 1. The molecule has 1 heterocycles. The smallest absolute Gasteiger partial charge is 0.335 e. The Bertz CT molecular complexity index is 538. The maximum absolute atomic E-state index is 10.9. The minimum absolute atomic E-state index is 0.317. The van der Waals surface area contributed by atoms with Crippen LogP contribution in [0.4, 0.5) is 5.69 Å². The standard InChI is InChI=1S/C12H13N3O3/c1-8-6-9(2-3-10(8)12(16)17)13-5-4-11-14-7-15-18-11/h2-3,6-7,13H,4-5H2,1H3,(H,16,17). The summed E-state index contributed by atoms with van der Waals surface area (Å²) in [7, 11) is 0. The number of carbonyl (C=O) groups is 1. The van der Waals surface area contributed by atoms with Crippen LogP contribution in [0.1, 0.15) is 21.8 Å². The summed E-state index contributed by atoms with van der Waals surface area (Å²) >= 11 is 0. The first-order valence-electron chi connectivity index (χ1n) is 5.50. The van der Waals surface area contributed by atoms with Crippen molar-refractivity contribution in [2.24, 2.45) is 0 Å². The molecule has 0 atom stereocenters. The summed E-state index contributed by atoms with van der Waals surface area (Å²) in [5, 5.41) is 15.6. The lowest BCUT2D eigenvalue weighted by molar-refractivity contribution is 0.0696. The predicted molar refractivity (Wildman–Crippen MR) is 64.6 cm³/mol. The summed E-state index contributed by atoms with van der Waals surface area (Å²) in [6.07, 6.45) is 1.99. The zero-order chi connectivity index (χ0) is 13.0. The van der Waals surface area contributed by atoms with Crippen LogP contribution in [-0.4, -0.2) is 27.8 Å². The van der Waals surface area contributed by atoms with Crippen LogP contribution in [0, 0.1) is 6.92 Å². The highest BCUT2D eigenvalue weighted by molar-refractivity contribution is 5.89. The molecule has 1 aromatic carbocycles. The fourth-order valence-electron chi connectivity index (χ4n) is 1.63. The lowest BCUT2D eigenvalue weighted by Crippen LogP contribution is -2.06. The fourth-order valence-corrected chi connectivity index (χ4v) is 1.63. The van der Waals surface area contributed by atoms with Crippen molar-refractivity contribution in [1.82, 2.24) is 10.1 Å². The molecule has 6 nitrogen and oxygen atoms in total. The second-order valence-electron chi connectivity index (χ2n) is 3.85. The molecule has 0 saturated carbocycles. The van der Waals surface area contributed by atoms with Crippen molar-refractivity contribution in [3.8, 4) is 0 Å². The van der Waals surface area contributed by atoms with Gasteiger partial charge in [-0.3, -0.25) is 0 Å². The third kappa shape index (κ3) is 2.85. The van der Waals surface area contributed by atoms with E-state index < -0.39 is 5.97 Å². The van der Waals surface area contributed by atoms with E-state index in [1.807, 2.05) is 0 Å². The summed E-state index contributed by atoms with van der Waals surface area (Å²) in [6, 6.07) is 5.13. The molecule has 94 valence electrons. The molecular weight excluding hydrogens is 234 g/mol. The summed E-state index contributed by atoms with van der Waals surface area (Å²) in [6.45, 7) is 2.42. The first-order chi connectivity index (χ1) is 8.66. The van der Waals surface area contributed by atoms with Crippen molar-refractivity contribution in [3.05, 3.63) is 41.5 Å². The second kappa shape index (κ2) is 5.31. The Morgan fingerprint density at radius 2 is 2.33 bits per heavy atom. The number of carboxylic acids is 1. The molecule has 0 bridgehead atoms. The number of hydrogen-bond donors (Lipinski definition) is 2. The van der Waals surface area contributed by atoms with Crippen LogP contribution in [0.3, 0.4) is 0 Å². The Morgan fingerprint density at radius 1 is 1.50 bits per heavy atom. The van der Waals surface area contributed by atoms with E-state index in [1.165, 1.54) is 6.33 Å². The van der Waals surface area contributed by atoms with E-state index in [9.17, 15) is 4.79 Å². The van der Waals surface area contributed by atoms with E-state index >= 15 is 0 Å². The lowest BCUT2D eigenvalue weighted by Gasteiger charge is -2.07. The fraction of sp³-hybridized carbons (Fsp3) is 0.250. The maximum Gasteiger partial charge on any atom is 0.335 e. The van der Waals surface area contributed by atoms with Gasteiger partial charge in [-0.25, -0.2) is 4.79 Å². The third-order valence-electron chi connectivity index (χ3n) is 2.53. The minimum atomic E-state index is -0.912. The largest absolute Gasteiger partial charge is 0.478 e. The van der Waals surface area contributed by atoms with E-state index in [1.54, 1.807) is 25.1 Å². The van der Waals surface area contributed by atoms with E-state index in [0.717, 1.165) is 11.3 Å². The van der Waals surface area contributed by atoms with Gasteiger partial charge in [0.25, 0.3) is 0 Å². The molecule has 0 radical (unpaired) electrons. The molecule has 0 fully saturated rings. The number of aromatic carboxylic acids is 1. The van der Waals surface area contributed by atoms with Crippen molar-refractivity contribution in [2.45, 2.75) is 13.3 Å². The lowest BCUT2D eigenvalue weighted by atomic mass is 10.1. The molecule has 18 heavy (non-hydrogen) atoms. The van der Waals surface area contributed by atoms with Gasteiger partial charge in [0.15, 0.2) is 6.33 Å². The molecule has 0 spiro atoms. The van der Waals surface area contributed by atoms with Gasteiger partial charge in [0.05, 0.1) is 5.56 Å². The van der Waals surface area contributed by atoms with Gasteiger partial charge < -0.3 is 14.9 Å². The van der Waals surface area contributed by atoms with Gasteiger partial charge in [0.2, 0.25) is 5.89 Å². The zero-order valence-corrected chi connectivity index (χ0v) is 9.88. The molecule has 6 heteroatoms. The van der Waals surface area contributed by atoms with Gasteiger partial charge in [-0.05, 0) is 30.7 Å². The van der Waals surface area contributed by atoms with Gasteiger partial charge in [0, 0.05) is 18.7 Å². The highest BCUT2D eigenvalue weighted by atomic mass is 16.5. The number of anilines is 1. The van der Waals surface area contributed by atoms with E-state index in [0.29, 0.717) is 24.4 Å². The van der Waals surface area contributed by atoms with Crippen LogP contribution in [0.2, 0.25) is 0 Å². The number of nitrogens with one attached hydrogen (secondary N) is 1. The van der Waals surface area contributed by atoms with Crippen molar-refractivity contribution in [1.29, 1.82) is 0 Å². The number of aromatic nitrogens is 2. The molecule has 0 saturated heterocycles. The van der Waals surface area contributed by atoms with Crippen LogP contribution in [0.15, 0.2) is 29.0 Å². The molecule has 2 rings (SSSR count). The normalized spacial score (nSPS) is 10.3. The molecule has 0 aliphatic carbocycles. The topological polar surface area (TPSA) is 88.3 Å². The maximum atomic E-state index is 10.9. The quantitative estimate of drug-likeness (QED) is 0.836. The van der Waals surface area contributed by atoms with Crippen molar-refractivity contribution >= 4 is 11.7 Å². The zero-order valence-electron chi connectivity index (χ0n) is 9.88. The average molecular weight is 247 g/mol. The second-order valence-corrected chi connectivity index (χ2v) is 3.85. The first-order valence-corrected chi connectivity index (χ1v) is 5.50. The van der Waals surface area contributed by atoms with Gasteiger partial charge in [0.1, 0.15) is 0 Å². The summed E-state index contributed by atoms with van der Waals surface area (Å²) in [4.78, 5) is 14.8. The first kappa shape index (κ1) is 12.1. The van der Waals surface area contributed by atoms with Crippen LogP contribution in [0.25, 0.3) is 0 Å². The third-order valence-corrected chi connectivity index (χ3v) is 2.53. The Kier molecular flexibility index (Phi) is 3.57. The van der Waals surface area contributed by atoms with Gasteiger partial charge in [-0.2, -0.15) is 4.98 Å². The monoisotopic (exact) mass is 247 g/mol. The summed E-state index contributed by atoms with van der Waals surface area (Å²) < 4.78 is 4.87. The predicted octanol–water partition coefficient (Wildman–Crippen LogP) is 1.73. The number of carboxylic acid groups (broad SMARTS) is 1. The molecule has 0 aliphatic heterocycles. The summed E-state index contributed by atoms with van der Waals surface area (Å²) in [5.41, 5.74) is 1.92. The van der Waals surface area contributed by atoms with Gasteiger partial charge in [-0.1, -0.05) is 5.16 Å². The van der Waals surface area contributed by atoms with Crippen LogP contribution >= 0.6 is 0 Å². The van der Waals surface area contributed by atoms with E-state index in [2.05, 4.69) is 15.5 Å². The highest BCUT2D eigenvalue weighted by Gasteiger charge is 2.07. The molecule has 0 amide bonds. The minimum Gasteiger partial charge on any atom is -0.478 e. The Morgan fingerprint density at radius 3 is 2.94 bits per heavy atom. The Hall–Kier alpha value is -2.37. The Labute approximate surface area is 104 Å². The number of hydrogen-bond acceptors (Lipinski definition) is 5. The number of rotatable bonds is 5. The SMILES string of the molecule is Cc1cc(NCCc2ncno2)ccc1C(=O)O. The van der Waals surface area contributed by atoms with Crippen molar-refractivity contribution in [2.75, 3.05) is 11.9 Å². The average Bonchev–Trinajstić information content (AvgIpc) is 2.81. The van der Waals surface area contributed by atoms with Crippen molar-refractivity contribution < 1.29 is 14.4 Å². The van der Waals surface area contributed by atoms with Crippen molar-refractivity contribution in [3.63, 3.8) is 0 Å². The molecule has 2 aromatic rings. The van der Waals surface area contributed by atoms with Crippen LogP contribution in [0.5, 0.6) is 0 Å². The number of aryl methyl sites for hydroxylation is 1. The van der Waals surface area contributed by atoms with Crippen LogP contribution < -0.4 is 5.32 Å². The molecule has 0 aliphatic rings. The molecular formula is C12H13N3O3. The van der Waals surface area contributed by atoms with E-state index in [4.69, 9.17) is 9.63 Å².